The number of aryl methyl sites for hydroxylation is 2. The van der Waals surface area contributed by atoms with Crippen molar-refractivity contribution < 1.29 is 18.3 Å². The highest BCUT2D eigenvalue weighted by Crippen LogP contribution is 2.26. The fourth-order valence-electron chi connectivity index (χ4n) is 5.05. The summed E-state index contributed by atoms with van der Waals surface area (Å²) in [4.78, 5) is 12.6. The molecule has 0 aliphatic carbocycles. The van der Waals surface area contributed by atoms with E-state index in [0.717, 1.165) is 36.8 Å². The fraction of sp³-hybridized carbons (Fsp3) is 0.472. The summed E-state index contributed by atoms with van der Waals surface area (Å²) in [7, 11) is 0. The molecule has 0 bridgehead atoms. The molecule has 216 valence electrons. The van der Waals surface area contributed by atoms with Gasteiger partial charge in [-0.1, -0.05) is 127 Å². The third kappa shape index (κ3) is 10.2. The topological polar surface area (TPSA) is 26.3 Å². The van der Waals surface area contributed by atoms with Crippen molar-refractivity contribution in [3.05, 3.63) is 89.0 Å². The monoisotopic (exact) mass is 548 g/mol. The zero-order chi connectivity index (χ0) is 28.6. The van der Waals surface area contributed by atoms with E-state index >= 15 is 0 Å². The molecule has 3 aromatic carbocycles. The molecule has 40 heavy (non-hydrogen) atoms. The van der Waals surface area contributed by atoms with Crippen molar-refractivity contribution in [2.75, 3.05) is 0 Å². The summed E-state index contributed by atoms with van der Waals surface area (Å²) in [6.07, 6.45) is 17.1. The largest absolute Gasteiger partial charge is 0.420 e. The summed E-state index contributed by atoms with van der Waals surface area (Å²) >= 11 is 0. The van der Waals surface area contributed by atoms with Crippen LogP contribution in [0.5, 0.6) is 5.75 Å². The van der Waals surface area contributed by atoms with E-state index in [2.05, 4.69) is 38.1 Å². The van der Waals surface area contributed by atoms with E-state index in [1.54, 1.807) is 12.1 Å². The molecule has 4 heteroatoms. The molecule has 0 saturated heterocycles. The number of esters is 1. The Bertz CT molecular complexity index is 1150. The van der Waals surface area contributed by atoms with Gasteiger partial charge >= 0.3 is 5.97 Å². The molecule has 0 aliphatic heterocycles. The lowest BCUT2D eigenvalue weighted by atomic mass is 10.00. The maximum Gasteiger partial charge on any atom is 0.343 e. The number of rotatable bonds is 18. The normalized spacial score (nSPS) is 11.1. The molecular weight excluding hydrogens is 502 g/mol. The molecule has 3 aromatic rings. The number of carbonyl (C=O) groups is 1. The first-order valence-electron chi connectivity index (χ1n) is 15.4. The number of unbranched alkanes of at least 4 members (excludes halogenated alkanes) is 11. The van der Waals surface area contributed by atoms with Crippen LogP contribution in [-0.4, -0.2) is 5.97 Å². The number of carbonyl (C=O) groups excluding carboxylic acids is 1. The summed E-state index contributed by atoms with van der Waals surface area (Å²) in [6.45, 7) is 4.43. The van der Waals surface area contributed by atoms with Crippen molar-refractivity contribution in [2.24, 2.45) is 0 Å². The molecule has 0 N–H and O–H groups in total. The van der Waals surface area contributed by atoms with Crippen LogP contribution in [0, 0.1) is 11.6 Å². The van der Waals surface area contributed by atoms with Crippen molar-refractivity contribution in [1.82, 2.24) is 0 Å². The van der Waals surface area contributed by atoms with Crippen LogP contribution < -0.4 is 4.74 Å². The molecule has 2 nitrogen and oxygen atoms in total. The highest BCUT2D eigenvalue weighted by molar-refractivity contribution is 5.91. The van der Waals surface area contributed by atoms with Crippen LogP contribution >= 0.6 is 0 Å². The Labute approximate surface area is 240 Å². The van der Waals surface area contributed by atoms with Gasteiger partial charge in [0.2, 0.25) is 5.82 Å². The number of halogens is 2. The zero-order valence-electron chi connectivity index (χ0n) is 24.5. The molecule has 0 spiro atoms. The van der Waals surface area contributed by atoms with Crippen molar-refractivity contribution in [3.8, 4) is 16.9 Å². The molecule has 0 fully saturated rings. The smallest absolute Gasteiger partial charge is 0.343 e. The minimum Gasteiger partial charge on any atom is -0.420 e. The number of hydrogen-bond donors (Lipinski definition) is 0. The first-order chi connectivity index (χ1) is 19.5. The molecule has 0 unspecified atom stereocenters. The van der Waals surface area contributed by atoms with E-state index in [4.69, 9.17) is 4.74 Å². The number of ether oxygens (including phenoxy) is 1. The first kappa shape index (κ1) is 31.5. The summed E-state index contributed by atoms with van der Waals surface area (Å²) in [5.41, 5.74) is 3.99. The Hall–Kier alpha value is -3.01. The van der Waals surface area contributed by atoms with Crippen LogP contribution in [0.3, 0.4) is 0 Å². The quantitative estimate of drug-likeness (QED) is 0.0897. The third-order valence-corrected chi connectivity index (χ3v) is 7.61. The van der Waals surface area contributed by atoms with Gasteiger partial charge in [0.25, 0.3) is 0 Å². The van der Waals surface area contributed by atoms with Crippen LogP contribution in [0.25, 0.3) is 11.1 Å². The molecule has 0 saturated carbocycles. The lowest BCUT2D eigenvalue weighted by molar-refractivity contribution is 0.0726. The molecule has 3 rings (SSSR count). The van der Waals surface area contributed by atoms with Crippen molar-refractivity contribution >= 4 is 5.97 Å². The van der Waals surface area contributed by atoms with E-state index in [1.165, 1.54) is 81.9 Å². The van der Waals surface area contributed by atoms with Crippen LogP contribution in [0.4, 0.5) is 8.78 Å². The SMILES string of the molecule is CCCCCCCCCCc1ccc(OC(=O)c2ccc(-c3ccc(CCCCCCC)cc3)cc2)c(F)c1F. The predicted molar refractivity (Wildman–Crippen MR) is 162 cm³/mol. The molecule has 0 aromatic heterocycles. The van der Waals surface area contributed by atoms with Gasteiger partial charge in [0.1, 0.15) is 0 Å². The third-order valence-electron chi connectivity index (χ3n) is 7.61. The van der Waals surface area contributed by atoms with Crippen LogP contribution in [0.1, 0.15) is 119 Å². The van der Waals surface area contributed by atoms with Gasteiger partial charge in [-0.25, -0.2) is 9.18 Å². The molecule has 0 atom stereocenters. The van der Waals surface area contributed by atoms with E-state index < -0.39 is 17.6 Å². The highest BCUT2D eigenvalue weighted by atomic mass is 19.2. The Balaban J connectivity index is 1.49. The van der Waals surface area contributed by atoms with Gasteiger partial charge in [-0.05, 0) is 66.1 Å². The van der Waals surface area contributed by atoms with Crippen LogP contribution in [0.15, 0.2) is 60.7 Å². The molecule has 0 radical (unpaired) electrons. The number of hydrogen-bond acceptors (Lipinski definition) is 2. The van der Waals surface area contributed by atoms with E-state index in [0.29, 0.717) is 12.0 Å². The Morgan fingerprint density at radius 1 is 0.575 bits per heavy atom. The highest BCUT2D eigenvalue weighted by Gasteiger charge is 2.18. The summed E-state index contributed by atoms with van der Waals surface area (Å²) in [5.74, 6) is -3.11. The maximum absolute atomic E-state index is 14.7. The first-order valence-corrected chi connectivity index (χ1v) is 15.4. The summed E-state index contributed by atoms with van der Waals surface area (Å²) in [6, 6.07) is 18.4. The average Bonchev–Trinajstić information content (AvgIpc) is 2.98. The standard InChI is InChI=1S/C36H46F2O2/c1-3-5-7-9-10-11-13-15-17-31-26-27-33(35(38)34(31)37)40-36(39)32-24-22-30(23-25-32)29-20-18-28(19-21-29)16-14-12-8-6-4-2/h18-27H,3-17H2,1-2H3. The second-order valence-corrected chi connectivity index (χ2v) is 10.9. The molecule has 0 amide bonds. The van der Waals surface area contributed by atoms with Crippen LogP contribution in [0.2, 0.25) is 0 Å². The van der Waals surface area contributed by atoms with E-state index in [9.17, 15) is 13.6 Å². The van der Waals surface area contributed by atoms with Gasteiger partial charge in [-0.3, -0.25) is 0 Å². The molecule has 0 heterocycles. The average molecular weight is 549 g/mol. The van der Waals surface area contributed by atoms with Gasteiger partial charge in [-0.15, -0.1) is 0 Å². The minimum absolute atomic E-state index is 0.287. The van der Waals surface area contributed by atoms with Gasteiger partial charge in [0, 0.05) is 0 Å². The maximum atomic E-state index is 14.7. The fourth-order valence-corrected chi connectivity index (χ4v) is 5.05. The Morgan fingerprint density at radius 2 is 1.07 bits per heavy atom. The van der Waals surface area contributed by atoms with E-state index in [1.807, 2.05) is 12.1 Å². The minimum atomic E-state index is -1.10. The van der Waals surface area contributed by atoms with Crippen molar-refractivity contribution in [1.29, 1.82) is 0 Å². The lowest BCUT2D eigenvalue weighted by Gasteiger charge is -2.10. The lowest BCUT2D eigenvalue weighted by Crippen LogP contribution is -2.10. The van der Waals surface area contributed by atoms with Gasteiger partial charge in [-0.2, -0.15) is 4.39 Å². The van der Waals surface area contributed by atoms with Crippen molar-refractivity contribution in [2.45, 2.75) is 110 Å². The Kier molecular flexibility index (Phi) is 13.9. The summed E-state index contributed by atoms with van der Waals surface area (Å²) < 4.78 is 34.6. The van der Waals surface area contributed by atoms with Crippen LogP contribution in [-0.2, 0) is 12.8 Å². The predicted octanol–water partition coefficient (Wildman–Crippen LogP) is 11.0. The Morgan fingerprint density at radius 3 is 1.65 bits per heavy atom. The second kappa shape index (κ2) is 17.6. The molecule has 0 aliphatic rings. The van der Waals surface area contributed by atoms with E-state index in [-0.39, 0.29) is 11.3 Å². The van der Waals surface area contributed by atoms with Gasteiger partial charge in [0.15, 0.2) is 11.6 Å². The van der Waals surface area contributed by atoms with Gasteiger partial charge in [0.05, 0.1) is 5.56 Å². The second-order valence-electron chi connectivity index (χ2n) is 10.9. The zero-order valence-corrected chi connectivity index (χ0v) is 24.5. The molecular formula is C36H46F2O2. The van der Waals surface area contributed by atoms with Gasteiger partial charge < -0.3 is 4.74 Å². The van der Waals surface area contributed by atoms with Crippen molar-refractivity contribution in [3.63, 3.8) is 0 Å². The number of benzene rings is 3. The summed E-state index contributed by atoms with van der Waals surface area (Å²) in [5, 5.41) is 0.